The van der Waals surface area contributed by atoms with Crippen molar-refractivity contribution in [1.29, 1.82) is 0 Å². The average Bonchev–Trinajstić information content (AvgIpc) is 2.59. The summed E-state index contributed by atoms with van der Waals surface area (Å²) in [5.41, 5.74) is 0.658. The Kier molecular flexibility index (Phi) is 5.43. The third kappa shape index (κ3) is 4.22. The predicted octanol–water partition coefficient (Wildman–Crippen LogP) is 2.77. The molecule has 1 aromatic heterocycles. The van der Waals surface area contributed by atoms with Crippen LogP contribution in [0, 0.1) is 5.82 Å². The Labute approximate surface area is 148 Å². The van der Waals surface area contributed by atoms with Gasteiger partial charge in [0.2, 0.25) is 0 Å². The quantitative estimate of drug-likeness (QED) is 0.732. The van der Waals surface area contributed by atoms with Gasteiger partial charge in [-0.1, -0.05) is 29.8 Å². The first kappa shape index (κ1) is 17.5. The van der Waals surface area contributed by atoms with Crippen molar-refractivity contribution in [3.8, 4) is 0 Å². The van der Waals surface area contributed by atoms with Gasteiger partial charge in [0, 0.05) is 10.6 Å². The first-order chi connectivity index (χ1) is 12.0. The normalized spacial score (nSPS) is 12.4. The van der Waals surface area contributed by atoms with E-state index in [4.69, 9.17) is 16.3 Å². The summed E-state index contributed by atoms with van der Waals surface area (Å²) in [6, 6.07) is 11.1. The Morgan fingerprint density at radius 1 is 1.28 bits per heavy atom. The van der Waals surface area contributed by atoms with E-state index >= 15 is 0 Å². The van der Waals surface area contributed by atoms with Gasteiger partial charge in [-0.15, -0.1) is 0 Å². The maximum Gasteiger partial charge on any atom is 0.261 e. The van der Waals surface area contributed by atoms with Crippen molar-refractivity contribution in [1.82, 2.24) is 9.55 Å². The van der Waals surface area contributed by atoms with Crippen LogP contribution in [0.1, 0.15) is 5.56 Å². The molecule has 0 radical (unpaired) electrons. The highest BCUT2D eigenvalue weighted by molar-refractivity contribution is 6.31. The van der Waals surface area contributed by atoms with Gasteiger partial charge in [-0.3, -0.25) is 9.36 Å². The molecular formula is C18H16ClFN2O3. The van der Waals surface area contributed by atoms with Crippen molar-refractivity contribution in [2.24, 2.45) is 0 Å². The van der Waals surface area contributed by atoms with Gasteiger partial charge in [0.05, 0.1) is 43.1 Å². The first-order valence-corrected chi connectivity index (χ1v) is 8.06. The van der Waals surface area contributed by atoms with Crippen LogP contribution in [-0.2, 0) is 17.9 Å². The lowest BCUT2D eigenvalue weighted by atomic mass is 10.2. The monoisotopic (exact) mass is 362 g/mol. The zero-order valence-electron chi connectivity index (χ0n) is 13.2. The fraction of sp³-hybridized carbons (Fsp3) is 0.222. The summed E-state index contributed by atoms with van der Waals surface area (Å²) in [7, 11) is 0. The molecular weight excluding hydrogens is 347 g/mol. The van der Waals surface area contributed by atoms with E-state index in [2.05, 4.69) is 4.98 Å². The number of ether oxygens (including phenoxy) is 1. The van der Waals surface area contributed by atoms with E-state index in [1.165, 1.54) is 17.0 Å². The molecule has 0 aliphatic carbocycles. The van der Waals surface area contributed by atoms with Gasteiger partial charge in [-0.2, -0.15) is 0 Å². The lowest BCUT2D eigenvalue weighted by molar-refractivity contribution is 0.0189. The van der Waals surface area contributed by atoms with E-state index in [-0.39, 0.29) is 31.1 Å². The lowest BCUT2D eigenvalue weighted by Crippen LogP contribution is -2.29. The van der Waals surface area contributed by atoms with Crippen molar-refractivity contribution in [2.45, 2.75) is 19.3 Å². The van der Waals surface area contributed by atoms with Crippen LogP contribution < -0.4 is 5.56 Å². The second kappa shape index (κ2) is 7.74. The summed E-state index contributed by atoms with van der Waals surface area (Å²) in [6.07, 6.45) is 0.446. The SMILES string of the molecule is O=c1c2cc(Cl)ccc2ncn1C[C@H](O)COCc1ccccc1F. The number of fused-ring (bicyclic) bond motifs is 1. The molecule has 0 saturated heterocycles. The minimum Gasteiger partial charge on any atom is -0.389 e. The van der Waals surface area contributed by atoms with E-state index in [0.717, 1.165) is 0 Å². The van der Waals surface area contributed by atoms with Crippen molar-refractivity contribution in [3.05, 3.63) is 75.5 Å². The Hall–Kier alpha value is -2.28. The van der Waals surface area contributed by atoms with Crippen LogP contribution in [0.25, 0.3) is 10.9 Å². The minimum atomic E-state index is -0.928. The van der Waals surface area contributed by atoms with Crippen LogP contribution in [0.15, 0.2) is 53.6 Å². The van der Waals surface area contributed by atoms with Gasteiger partial charge >= 0.3 is 0 Å². The molecule has 5 nitrogen and oxygen atoms in total. The number of hydrogen-bond donors (Lipinski definition) is 1. The van der Waals surface area contributed by atoms with E-state index < -0.39 is 6.10 Å². The van der Waals surface area contributed by atoms with Crippen LogP contribution in [0.2, 0.25) is 5.02 Å². The van der Waals surface area contributed by atoms with E-state index in [0.29, 0.717) is 21.5 Å². The highest BCUT2D eigenvalue weighted by atomic mass is 35.5. The molecule has 0 saturated carbocycles. The number of nitrogens with zero attached hydrogens (tertiary/aromatic N) is 2. The number of hydrogen-bond acceptors (Lipinski definition) is 4. The van der Waals surface area contributed by atoms with Gasteiger partial charge in [0.1, 0.15) is 5.82 Å². The number of aromatic nitrogens is 2. The Morgan fingerprint density at radius 2 is 2.08 bits per heavy atom. The molecule has 0 bridgehead atoms. The van der Waals surface area contributed by atoms with Crippen molar-refractivity contribution in [3.63, 3.8) is 0 Å². The summed E-state index contributed by atoms with van der Waals surface area (Å²) in [4.78, 5) is 16.6. The lowest BCUT2D eigenvalue weighted by Gasteiger charge is -2.13. The van der Waals surface area contributed by atoms with E-state index in [1.807, 2.05) is 0 Å². The van der Waals surface area contributed by atoms with Crippen molar-refractivity contribution >= 4 is 22.5 Å². The molecule has 2 aromatic carbocycles. The van der Waals surface area contributed by atoms with E-state index in [9.17, 15) is 14.3 Å². The Morgan fingerprint density at radius 3 is 2.88 bits per heavy atom. The van der Waals surface area contributed by atoms with Gasteiger partial charge in [-0.05, 0) is 24.3 Å². The standard InChI is InChI=1S/C18H16ClFN2O3/c19-13-5-6-17-15(7-13)18(24)22(11-21-17)8-14(23)10-25-9-12-3-1-2-4-16(12)20/h1-7,11,14,23H,8-10H2/t14-/m0/s1. The molecule has 1 N–H and O–H groups in total. The van der Waals surface area contributed by atoms with Crippen LogP contribution in [0.3, 0.4) is 0 Å². The van der Waals surface area contributed by atoms with Crippen molar-refractivity contribution < 1.29 is 14.2 Å². The van der Waals surface area contributed by atoms with Crippen LogP contribution in [-0.4, -0.2) is 27.4 Å². The Balaban J connectivity index is 1.64. The minimum absolute atomic E-state index is 0.0194. The number of benzene rings is 2. The molecule has 7 heteroatoms. The second-order valence-corrected chi connectivity index (χ2v) is 6.06. The molecule has 0 unspecified atom stereocenters. The van der Waals surface area contributed by atoms with Crippen LogP contribution in [0.5, 0.6) is 0 Å². The summed E-state index contributed by atoms with van der Waals surface area (Å²) in [5.74, 6) is -0.358. The molecule has 0 spiro atoms. The average molecular weight is 363 g/mol. The van der Waals surface area contributed by atoms with Gasteiger partial charge in [0.15, 0.2) is 0 Å². The highest BCUT2D eigenvalue weighted by Gasteiger charge is 2.11. The molecule has 3 aromatic rings. The predicted molar refractivity (Wildman–Crippen MR) is 93.1 cm³/mol. The Bertz CT molecular complexity index is 945. The number of rotatable bonds is 6. The molecule has 25 heavy (non-hydrogen) atoms. The fourth-order valence-corrected chi connectivity index (χ4v) is 2.63. The molecule has 0 fully saturated rings. The fourth-order valence-electron chi connectivity index (χ4n) is 2.46. The number of halogens is 2. The maximum absolute atomic E-state index is 13.5. The molecule has 1 atom stereocenters. The maximum atomic E-state index is 13.5. The largest absolute Gasteiger partial charge is 0.389 e. The van der Waals surface area contributed by atoms with Crippen LogP contribution in [0.4, 0.5) is 4.39 Å². The molecule has 0 aliphatic heterocycles. The first-order valence-electron chi connectivity index (χ1n) is 7.68. The van der Waals surface area contributed by atoms with Crippen LogP contribution >= 0.6 is 11.6 Å². The topological polar surface area (TPSA) is 64.4 Å². The number of aliphatic hydroxyl groups is 1. The van der Waals surface area contributed by atoms with Gasteiger partial charge < -0.3 is 9.84 Å². The third-order valence-electron chi connectivity index (χ3n) is 3.72. The summed E-state index contributed by atoms with van der Waals surface area (Å²) in [6.45, 7) is 0.0319. The zero-order chi connectivity index (χ0) is 17.8. The smallest absolute Gasteiger partial charge is 0.261 e. The highest BCUT2D eigenvalue weighted by Crippen LogP contribution is 2.14. The van der Waals surface area contributed by atoms with E-state index in [1.54, 1.807) is 36.4 Å². The zero-order valence-corrected chi connectivity index (χ0v) is 14.0. The van der Waals surface area contributed by atoms with Gasteiger partial charge in [0.25, 0.3) is 5.56 Å². The summed E-state index contributed by atoms with van der Waals surface area (Å²) >= 11 is 5.91. The van der Waals surface area contributed by atoms with Crippen molar-refractivity contribution in [2.75, 3.05) is 6.61 Å². The summed E-state index contributed by atoms with van der Waals surface area (Å²) < 4.78 is 20.1. The second-order valence-electron chi connectivity index (χ2n) is 5.62. The molecule has 0 amide bonds. The third-order valence-corrected chi connectivity index (χ3v) is 3.95. The molecule has 0 aliphatic rings. The molecule has 1 heterocycles. The summed E-state index contributed by atoms with van der Waals surface area (Å²) in [5, 5.41) is 10.9. The molecule has 130 valence electrons. The number of aliphatic hydroxyl groups excluding tert-OH is 1. The molecule has 3 rings (SSSR count). The van der Waals surface area contributed by atoms with Gasteiger partial charge in [-0.25, -0.2) is 9.37 Å².